The molecule has 1 aliphatic heterocycles. The van der Waals surface area contributed by atoms with E-state index < -0.39 is 0 Å². The first-order valence-corrected chi connectivity index (χ1v) is 12.7. The summed E-state index contributed by atoms with van der Waals surface area (Å²) in [4.78, 5) is 13.5. The summed E-state index contributed by atoms with van der Waals surface area (Å²) in [6, 6.07) is 27.5. The van der Waals surface area contributed by atoms with Crippen molar-refractivity contribution >= 4 is 22.4 Å². The molecular formula is C31H30ClNO2. The van der Waals surface area contributed by atoms with Crippen LogP contribution in [0.15, 0.2) is 96.7 Å². The fourth-order valence-corrected chi connectivity index (χ4v) is 5.35. The second kappa shape index (κ2) is 10.5. The van der Waals surface area contributed by atoms with Gasteiger partial charge in [0.2, 0.25) is 5.24 Å². The zero-order valence-electron chi connectivity index (χ0n) is 20.0. The van der Waals surface area contributed by atoms with Crippen LogP contribution in [-0.2, 0) is 11.2 Å². The van der Waals surface area contributed by atoms with E-state index in [9.17, 15) is 4.79 Å². The first kappa shape index (κ1) is 23.4. The third-order valence-corrected chi connectivity index (χ3v) is 7.43. The molecule has 2 aliphatic rings. The zero-order valence-corrected chi connectivity index (χ0v) is 20.7. The molecule has 178 valence electrons. The molecule has 1 heterocycles. The highest BCUT2D eigenvalue weighted by atomic mass is 35.5. The molecule has 0 aromatic heterocycles. The number of hydrogen-bond donors (Lipinski definition) is 0. The van der Waals surface area contributed by atoms with E-state index in [2.05, 4.69) is 85.8 Å². The molecule has 3 aromatic rings. The molecule has 0 bridgehead atoms. The number of carbonyl (C=O) groups excluding carboxylic acids is 1. The molecule has 3 aromatic carbocycles. The van der Waals surface area contributed by atoms with E-state index in [4.69, 9.17) is 16.3 Å². The molecule has 1 atom stereocenters. The van der Waals surface area contributed by atoms with Gasteiger partial charge in [-0.25, -0.2) is 0 Å². The molecule has 0 saturated heterocycles. The molecule has 5 rings (SSSR count). The number of hydrogen-bond acceptors (Lipinski definition) is 3. The summed E-state index contributed by atoms with van der Waals surface area (Å²) >= 11 is 5.70. The molecule has 3 nitrogen and oxygen atoms in total. The Bertz CT molecular complexity index is 1210. The van der Waals surface area contributed by atoms with Crippen LogP contribution in [0.4, 0.5) is 0 Å². The minimum absolute atomic E-state index is 0.287. The van der Waals surface area contributed by atoms with Crippen molar-refractivity contribution in [3.63, 3.8) is 0 Å². The average Bonchev–Trinajstić information content (AvgIpc) is 2.86. The number of aryl methyl sites for hydroxylation is 1. The highest BCUT2D eigenvalue weighted by Gasteiger charge is 2.28. The number of nitrogens with zero attached hydrogens (tertiary/aromatic N) is 1. The van der Waals surface area contributed by atoms with Crippen LogP contribution in [-0.4, -0.2) is 29.3 Å². The van der Waals surface area contributed by atoms with E-state index in [1.165, 1.54) is 33.4 Å². The van der Waals surface area contributed by atoms with Crippen LogP contribution >= 0.6 is 11.6 Å². The van der Waals surface area contributed by atoms with Crippen LogP contribution in [0.3, 0.4) is 0 Å². The van der Waals surface area contributed by atoms with Gasteiger partial charge >= 0.3 is 0 Å². The maximum absolute atomic E-state index is 11.5. The van der Waals surface area contributed by atoms with Crippen molar-refractivity contribution in [2.24, 2.45) is 0 Å². The van der Waals surface area contributed by atoms with Crippen molar-refractivity contribution in [2.75, 3.05) is 13.2 Å². The van der Waals surface area contributed by atoms with Gasteiger partial charge in [0.1, 0.15) is 11.8 Å². The monoisotopic (exact) mass is 483 g/mol. The Morgan fingerprint density at radius 1 is 1.00 bits per heavy atom. The molecule has 0 saturated carbocycles. The highest BCUT2D eigenvalue weighted by molar-refractivity contribution is 6.65. The van der Waals surface area contributed by atoms with Crippen molar-refractivity contribution in [1.82, 2.24) is 4.90 Å². The molecule has 1 unspecified atom stereocenters. The van der Waals surface area contributed by atoms with Crippen LogP contribution in [0, 0.1) is 0 Å². The quantitative estimate of drug-likeness (QED) is 0.308. The number of halogens is 1. The SMILES string of the molecule is CC1=C(CN2C=CC2C(=O)Cl)CCc2cc(OCCC(c3ccccc3)c3ccccc3)ccc21. The molecule has 0 fully saturated rings. The number of rotatable bonds is 9. The predicted octanol–water partition coefficient (Wildman–Crippen LogP) is 6.97. The summed E-state index contributed by atoms with van der Waals surface area (Å²) in [7, 11) is 0. The van der Waals surface area contributed by atoms with Crippen molar-refractivity contribution in [3.05, 3.63) is 119 Å². The second-order valence-electron chi connectivity index (χ2n) is 9.32. The summed E-state index contributed by atoms with van der Waals surface area (Å²) < 4.78 is 6.25. The first-order valence-electron chi connectivity index (χ1n) is 12.3. The van der Waals surface area contributed by atoms with Gasteiger partial charge in [-0.2, -0.15) is 0 Å². The lowest BCUT2D eigenvalue weighted by molar-refractivity contribution is -0.115. The van der Waals surface area contributed by atoms with Crippen molar-refractivity contribution in [3.8, 4) is 5.75 Å². The lowest BCUT2D eigenvalue weighted by Gasteiger charge is -2.35. The summed E-state index contributed by atoms with van der Waals surface area (Å²) in [5.41, 5.74) is 7.91. The lowest BCUT2D eigenvalue weighted by Crippen LogP contribution is -2.42. The van der Waals surface area contributed by atoms with E-state index in [1.807, 2.05) is 17.2 Å². The van der Waals surface area contributed by atoms with Crippen molar-refractivity contribution in [2.45, 2.75) is 38.1 Å². The smallest absolute Gasteiger partial charge is 0.248 e. The van der Waals surface area contributed by atoms with Crippen molar-refractivity contribution < 1.29 is 9.53 Å². The first-order chi connectivity index (χ1) is 17.1. The predicted molar refractivity (Wildman–Crippen MR) is 143 cm³/mol. The van der Waals surface area contributed by atoms with E-state index in [1.54, 1.807) is 0 Å². The summed E-state index contributed by atoms with van der Waals surface area (Å²) in [5.74, 6) is 1.24. The van der Waals surface area contributed by atoms with Gasteiger partial charge < -0.3 is 9.64 Å². The molecule has 0 amide bonds. The zero-order chi connectivity index (χ0) is 24.2. The normalized spacial score (nSPS) is 16.8. The van der Waals surface area contributed by atoms with Crippen molar-refractivity contribution in [1.29, 1.82) is 0 Å². The minimum atomic E-state index is -0.314. The third kappa shape index (κ3) is 5.21. The van der Waals surface area contributed by atoms with Gasteiger partial charge in [-0.05, 0) is 95.6 Å². The molecule has 0 N–H and O–H groups in total. The Kier molecular flexibility index (Phi) is 7.06. The largest absolute Gasteiger partial charge is 0.494 e. The fraction of sp³-hybridized carbons (Fsp3) is 0.258. The van der Waals surface area contributed by atoms with Gasteiger partial charge in [-0.1, -0.05) is 66.7 Å². The van der Waals surface area contributed by atoms with Gasteiger partial charge in [0.25, 0.3) is 0 Å². The summed E-state index contributed by atoms with van der Waals surface area (Å²) in [6.07, 6.45) is 6.69. The maximum Gasteiger partial charge on any atom is 0.248 e. The minimum Gasteiger partial charge on any atom is -0.494 e. The molecule has 35 heavy (non-hydrogen) atoms. The maximum atomic E-state index is 11.5. The van der Waals surface area contributed by atoms with Crippen LogP contribution in [0.2, 0.25) is 0 Å². The van der Waals surface area contributed by atoms with Gasteiger partial charge in [-0.15, -0.1) is 0 Å². The Balaban J connectivity index is 1.25. The highest BCUT2D eigenvalue weighted by Crippen LogP contribution is 2.35. The van der Waals surface area contributed by atoms with Crippen LogP contribution < -0.4 is 4.74 Å². The number of fused-ring (bicyclic) bond motifs is 1. The Morgan fingerprint density at radius 3 is 2.29 bits per heavy atom. The Hall–Kier alpha value is -3.30. The number of carbonyl (C=O) groups is 1. The standard InChI is InChI=1S/C31H30ClNO2/c1-22-26(21-33-18-16-30(33)31(32)34)13-12-25-20-27(14-15-28(22)25)35-19-17-29(23-8-4-2-5-9-23)24-10-6-3-7-11-24/h2-11,14-16,18,20,29-30H,12-13,17,19,21H2,1H3. The summed E-state index contributed by atoms with van der Waals surface area (Å²) in [5, 5.41) is -0.314. The van der Waals surface area contributed by atoms with E-state index >= 15 is 0 Å². The van der Waals surface area contributed by atoms with Gasteiger partial charge in [0.05, 0.1) is 6.61 Å². The number of ether oxygens (including phenoxy) is 1. The number of benzene rings is 3. The second-order valence-corrected chi connectivity index (χ2v) is 9.69. The number of allylic oxidation sites excluding steroid dienone is 1. The van der Waals surface area contributed by atoms with Gasteiger partial charge in [0, 0.05) is 12.5 Å². The van der Waals surface area contributed by atoms with E-state index in [0.29, 0.717) is 12.5 Å². The average molecular weight is 484 g/mol. The van der Waals surface area contributed by atoms with Crippen LogP contribution in [0.1, 0.15) is 47.9 Å². The van der Waals surface area contributed by atoms with Crippen LogP contribution in [0.5, 0.6) is 5.75 Å². The molecular weight excluding hydrogens is 454 g/mol. The van der Waals surface area contributed by atoms with E-state index in [0.717, 1.165) is 31.6 Å². The topological polar surface area (TPSA) is 29.5 Å². The Labute approximate surface area is 212 Å². The lowest BCUT2D eigenvalue weighted by atomic mass is 9.85. The van der Waals surface area contributed by atoms with Gasteiger partial charge in [-0.3, -0.25) is 4.79 Å². The molecule has 0 spiro atoms. The summed E-state index contributed by atoms with van der Waals surface area (Å²) in [6.45, 7) is 3.59. The third-order valence-electron chi connectivity index (χ3n) is 7.21. The van der Waals surface area contributed by atoms with E-state index in [-0.39, 0.29) is 11.3 Å². The Morgan fingerprint density at radius 2 is 1.69 bits per heavy atom. The molecule has 1 aliphatic carbocycles. The fourth-order valence-electron chi connectivity index (χ4n) is 5.16. The molecule has 0 radical (unpaired) electrons. The van der Waals surface area contributed by atoms with Crippen LogP contribution in [0.25, 0.3) is 5.57 Å². The molecule has 4 heteroatoms. The van der Waals surface area contributed by atoms with Gasteiger partial charge in [0.15, 0.2) is 0 Å².